The van der Waals surface area contributed by atoms with Crippen molar-refractivity contribution in [1.29, 1.82) is 0 Å². The largest absolute Gasteiger partial charge is 0.466 e. The Balaban J connectivity index is 2.16. The molecule has 1 saturated carbocycles. The minimum absolute atomic E-state index is 0.193. The molecule has 1 spiro atoms. The third kappa shape index (κ3) is 2.45. The molecule has 0 aromatic heterocycles. The summed E-state index contributed by atoms with van der Waals surface area (Å²) in [4.78, 5) is 23.4. The molecular formula is C13H20O4. The Morgan fingerprint density at radius 2 is 2.00 bits per heavy atom. The molecule has 1 aliphatic carbocycles. The fraction of sp³-hybridized carbons (Fsp3) is 0.846. The molecule has 1 unspecified atom stereocenters. The van der Waals surface area contributed by atoms with Crippen molar-refractivity contribution in [3.05, 3.63) is 0 Å². The van der Waals surface area contributed by atoms with E-state index in [1.807, 2.05) is 0 Å². The summed E-state index contributed by atoms with van der Waals surface area (Å²) in [5.41, 5.74) is -0.556. The van der Waals surface area contributed by atoms with E-state index in [4.69, 9.17) is 9.47 Å². The normalized spacial score (nSPS) is 27.6. The molecule has 1 saturated heterocycles. The molecule has 1 aliphatic heterocycles. The van der Waals surface area contributed by atoms with Gasteiger partial charge in [-0.3, -0.25) is 9.59 Å². The van der Waals surface area contributed by atoms with Crippen LogP contribution in [0.5, 0.6) is 0 Å². The first-order valence-corrected chi connectivity index (χ1v) is 6.56. The van der Waals surface area contributed by atoms with E-state index in [2.05, 4.69) is 0 Å². The molecule has 17 heavy (non-hydrogen) atoms. The average molecular weight is 240 g/mol. The zero-order valence-corrected chi connectivity index (χ0v) is 10.4. The van der Waals surface area contributed by atoms with Crippen molar-refractivity contribution in [3.8, 4) is 0 Å². The second-order valence-electron chi connectivity index (χ2n) is 4.96. The lowest BCUT2D eigenvalue weighted by Gasteiger charge is -2.31. The standard InChI is InChI=1S/C13H20O4/c1-2-16-12(15)10-9-11(14)17-13(10)7-5-3-4-6-8-13/h10H,2-9H2,1H3. The Hall–Kier alpha value is -1.06. The first-order chi connectivity index (χ1) is 8.18. The number of hydrogen-bond donors (Lipinski definition) is 0. The maximum Gasteiger partial charge on any atom is 0.313 e. The van der Waals surface area contributed by atoms with E-state index in [9.17, 15) is 9.59 Å². The predicted octanol–water partition coefficient (Wildman–Crippen LogP) is 2.21. The SMILES string of the molecule is CCOC(=O)C1CC(=O)OC12CCCCCC2. The highest BCUT2D eigenvalue weighted by molar-refractivity contribution is 5.84. The van der Waals surface area contributed by atoms with Gasteiger partial charge in [-0.05, 0) is 32.6 Å². The van der Waals surface area contributed by atoms with Crippen LogP contribution in [0.1, 0.15) is 51.9 Å². The lowest BCUT2D eigenvalue weighted by atomic mass is 9.81. The summed E-state index contributed by atoms with van der Waals surface area (Å²) in [6.07, 6.45) is 6.19. The number of esters is 2. The highest BCUT2D eigenvalue weighted by Gasteiger charge is 2.53. The summed E-state index contributed by atoms with van der Waals surface area (Å²) in [5, 5.41) is 0. The molecule has 4 heteroatoms. The van der Waals surface area contributed by atoms with Gasteiger partial charge in [-0.2, -0.15) is 0 Å². The molecule has 96 valence electrons. The number of rotatable bonds is 2. The van der Waals surface area contributed by atoms with Gasteiger partial charge in [0, 0.05) is 0 Å². The molecule has 0 aromatic rings. The van der Waals surface area contributed by atoms with E-state index >= 15 is 0 Å². The van der Waals surface area contributed by atoms with Crippen LogP contribution in [0, 0.1) is 5.92 Å². The number of ether oxygens (including phenoxy) is 2. The summed E-state index contributed by atoms with van der Waals surface area (Å²) < 4.78 is 10.6. The van der Waals surface area contributed by atoms with E-state index in [1.165, 1.54) is 0 Å². The summed E-state index contributed by atoms with van der Waals surface area (Å²) in [6, 6.07) is 0. The van der Waals surface area contributed by atoms with Crippen LogP contribution in [0.2, 0.25) is 0 Å². The van der Waals surface area contributed by atoms with Gasteiger partial charge in [-0.15, -0.1) is 0 Å². The van der Waals surface area contributed by atoms with Crippen molar-refractivity contribution >= 4 is 11.9 Å². The van der Waals surface area contributed by atoms with Crippen LogP contribution >= 0.6 is 0 Å². The summed E-state index contributed by atoms with van der Waals surface area (Å²) in [5.74, 6) is -0.891. The van der Waals surface area contributed by atoms with Gasteiger partial charge in [-0.1, -0.05) is 12.8 Å². The second kappa shape index (κ2) is 5.07. The first-order valence-electron chi connectivity index (χ1n) is 6.56. The van der Waals surface area contributed by atoms with Crippen LogP contribution in [0.3, 0.4) is 0 Å². The molecule has 0 aromatic carbocycles. The monoisotopic (exact) mass is 240 g/mol. The van der Waals surface area contributed by atoms with Crippen molar-refractivity contribution in [1.82, 2.24) is 0 Å². The zero-order valence-electron chi connectivity index (χ0n) is 10.4. The lowest BCUT2D eigenvalue weighted by Crippen LogP contribution is -2.40. The van der Waals surface area contributed by atoms with Gasteiger partial charge in [0.1, 0.15) is 11.5 Å². The topological polar surface area (TPSA) is 52.6 Å². The summed E-state index contributed by atoms with van der Waals surface area (Å²) in [7, 11) is 0. The van der Waals surface area contributed by atoms with Crippen molar-refractivity contribution in [2.24, 2.45) is 5.92 Å². The average Bonchev–Trinajstić information content (AvgIpc) is 2.47. The van der Waals surface area contributed by atoms with Crippen LogP contribution < -0.4 is 0 Å². The molecule has 0 N–H and O–H groups in total. The van der Waals surface area contributed by atoms with Gasteiger partial charge in [0.05, 0.1) is 13.0 Å². The van der Waals surface area contributed by atoms with Crippen LogP contribution in [-0.2, 0) is 19.1 Å². The van der Waals surface area contributed by atoms with Gasteiger partial charge in [0.15, 0.2) is 0 Å². The first kappa shape index (κ1) is 12.4. The summed E-state index contributed by atoms with van der Waals surface area (Å²) in [6.45, 7) is 2.15. The quantitative estimate of drug-likeness (QED) is 0.694. The third-order valence-electron chi connectivity index (χ3n) is 3.84. The van der Waals surface area contributed by atoms with E-state index in [0.717, 1.165) is 38.5 Å². The lowest BCUT2D eigenvalue weighted by molar-refractivity contribution is -0.159. The van der Waals surface area contributed by atoms with E-state index in [-0.39, 0.29) is 24.3 Å². The van der Waals surface area contributed by atoms with Crippen LogP contribution in [0.15, 0.2) is 0 Å². The number of carbonyl (C=O) groups excluding carboxylic acids is 2. The molecule has 2 fully saturated rings. The number of carbonyl (C=O) groups is 2. The number of hydrogen-bond acceptors (Lipinski definition) is 4. The molecule has 2 aliphatic rings. The van der Waals surface area contributed by atoms with E-state index in [1.54, 1.807) is 6.92 Å². The molecule has 0 bridgehead atoms. The third-order valence-corrected chi connectivity index (χ3v) is 3.84. The van der Waals surface area contributed by atoms with Crippen molar-refractivity contribution in [3.63, 3.8) is 0 Å². The Labute approximate surface area is 102 Å². The van der Waals surface area contributed by atoms with Gasteiger partial charge in [0.25, 0.3) is 0 Å². The van der Waals surface area contributed by atoms with Crippen LogP contribution in [-0.4, -0.2) is 24.1 Å². The summed E-state index contributed by atoms with van der Waals surface area (Å²) >= 11 is 0. The molecule has 0 radical (unpaired) electrons. The maximum absolute atomic E-state index is 11.9. The minimum atomic E-state index is -0.556. The van der Waals surface area contributed by atoms with Gasteiger partial charge in [0.2, 0.25) is 0 Å². The van der Waals surface area contributed by atoms with Crippen molar-refractivity contribution < 1.29 is 19.1 Å². The molecular weight excluding hydrogens is 220 g/mol. The molecule has 0 amide bonds. The molecule has 1 atom stereocenters. The van der Waals surface area contributed by atoms with Crippen LogP contribution in [0.25, 0.3) is 0 Å². The molecule has 1 heterocycles. The zero-order chi connectivity index (χ0) is 12.3. The minimum Gasteiger partial charge on any atom is -0.466 e. The van der Waals surface area contributed by atoms with Crippen molar-refractivity contribution in [2.75, 3.05) is 6.61 Å². The Kier molecular flexibility index (Phi) is 3.69. The Morgan fingerprint density at radius 1 is 1.35 bits per heavy atom. The predicted molar refractivity (Wildman–Crippen MR) is 61.3 cm³/mol. The fourth-order valence-electron chi connectivity index (χ4n) is 3.01. The van der Waals surface area contributed by atoms with E-state index < -0.39 is 5.60 Å². The highest BCUT2D eigenvalue weighted by atomic mass is 16.6. The van der Waals surface area contributed by atoms with Crippen molar-refractivity contribution in [2.45, 2.75) is 57.5 Å². The smallest absolute Gasteiger partial charge is 0.313 e. The Bertz CT molecular complexity index is 303. The van der Waals surface area contributed by atoms with Crippen LogP contribution in [0.4, 0.5) is 0 Å². The highest BCUT2D eigenvalue weighted by Crippen LogP contribution is 2.43. The Morgan fingerprint density at radius 3 is 2.59 bits per heavy atom. The molecule has 4 nitrogen and oxygen atoms in total. The fourth-order valence-corrected chi connectivity index (χ4v) is 3.01. The molecule has 2 rings (SSSR count). The van der Waals surface area contributed by atoms with Gasteiger partial charge in [-0.25, -0.2) is 0 Å². The van der Waals surface area contributed by atoms with E-state index in [0.29, 0.717) is 6.61 Å². The van der Waals surface area contributed by atoms with Gasteiger partial charge < -0.3 is 9.47 Å². The second-order valence-corrected chi connectivity index (χ2v) is 4.96. The maximum atomic E-state index is 11.9. The van der Waals surface area contributed by atoms with Gasteiger partial charge >= 0.3 is 11.9 Å².